The zero-order valence-corrected chi connectivity index (χ0v) is 10.8. The zero-order chi connectivity index (χ0) is 11.8. The maximum atomic E-state index is 10.1. The van der Waals surface area contributed by atoms with Gasteiger partial charge in [-0.3, -0.25) is 0 Å². The van der Waals surface area contributed by atoms with Crippen LogP contribution in [0.2, 0.25) is 0 Å². The van der Waals surface area contributed by atoms with Crippen LogP contribution in [-0.2, 0) is 22.5 Å². The largest absolute Gasteiger partial charge is 0.750 e. The van der Waals surface area contributed by atoms with E-state index in [0.29, 0.717) is 6.04 Å². The lowest BCUT2D eigenvalue weighted by Crippen LogP contribution is -2.17. The van der Waals surface area contributed by atoms with Gasteiger partial charge in [-0.1, -0.05) is 34.7 Å². The Morgan fingerprint density at radius 1 is 0.938 bits per heavy atom. The zero-order valence-electron chi connectivity index (χ0n) is 9.04. The molecule has 0 radical (unpaired) electrons. The normalized spacial score (nSPS) is 27.8. The molecule has 16 heavy (non-hydrogen) atoms. The third kappa shape index (κ3) is 6.59. The minimum atomic E-state index is -2.19. The van der Waals surface area contributed by atoms with Gasteiger partial charge < -0.3 is 5.73 Å². The van der Waals surface area contributed by atoms with Crippen molar-refractivity contribution in [2.24, 2.45) is 5.73 Å². The van der Waals surface area contributed by atoms with Gasteiger partial charge in [0.2, 0.25) is 0 Å². The Morgan fingerprint density at radius 2 is 1.44 bits per heavy atom. The number of hydrogen-bond acceptors (Lipinski definition) is 6. The van der Waals surface area contributed by atoms with E-state index in [1.807, 2.05) is 0 Å². The molecule has 2 rings (SSSR count). The molecule has 2 N–H and O–H groups in total. The second-order valence-corrected chi connectivity index (χ2v) is 5.72. The van der Waals surface area contributed by atoms with Crippen molar-refractivity contribution in [1.29, 1.82) is 0 Å². The topological polar surface area (TPSA) is 87.9 Å². The molecule has 0 bridgehead atoms. The summed E-state index contributed by atoms with van der Waals surface area (Å²) >= 11 is 0. The van der Waals surface area contributed by atoms with Crippen molar-refractivity contribution in [3.8, 4) is 0 Å². The highest BCUT2D eigenvalue weighted by Crippen LogP contribution is 2.44. The lowest BCUT2D eigenvalue weighted by Gasteiger charge is -2.03. The average molecular weight is 269 g/mol. The first kappa shape index (κ1) is 14.1. The molecule has 8 heteroatoms. The summed E-state index contributed by atoms with van der Waals surface area (Å²) in [5.74, 6) is 0. The molecule has 0 spiro atoms. The summed E-state index contributed by atoms with van der Waals surface area (Å²) in [6, 6.07) is 0.525. The summed E-state index contributed by atoms with van der Waals surface area (Å²) in [6.07, 6.45) is 8.07. The number of rotatable bonds is 0. The smallest absolute Gasteiger partial charge is 0.328 e. The van der Waals surface area contributed by atoms with Gasteiger partial charge in [0.15, 0.2) is 4.31 Å². The van der Waals surface area contributed by atoms with Gasteiger partial charge >= 0.3 is 16.5 Å². The van der Waals surface area contributed by atoms with Crippen molar-refractivity contribution in [2.75, 3.05) is 6.79 Å². The summed E-state index contributed by atoms with van der Waals surface area (Å²) in [7, 11) is -4.38. The SMILES string of the molecule is NC1CCCCCC1.O=[P+]1OCO[P+](=O)O1. The molecule has 1 heterocycles. The lowest BCUT2D eigenvalue weighted by atomic mass is 10.1. The Hall–Kier alpha value is 0.0400. The molecule has 1 aliphatic heterocycles. The summed E-state index contributed by atoms with van der Waals surface area (Å²) in [4.78, 5) is 0. The molecule has 92 valence electrons. The molecular weight excluding hydrogens is 252 g/mol. The molecular formula is C8H17NO5P2+2. The second kappa shape index (κ2) is 8.18. The molecule has 0 amide bonds. The quantitative estimate of drug-likeness (QED) is 0.537. The van der Waals surface area contributed by atoms with Crippen LogP contribution in [-0.4, -0.2) is 12.8 Å². The van der Waals surface area contributed by atoms with Gasteiger partial charge in [0.25, 0.3) is 6.79 Å². The first-order valence-electron chi connectivity index (χ1n) is 5.32. The van der Waals surface area contributed by atoms with Gasteiger partial charge in [-0.15, -0.1) is 0 Å². The predicted octanol–water partition coefficient (Wildman–Crippen LogP) is 2.99. The minimum absolute atomic E-state index is 0.218. The van der Waals surface area contributed by atoms with E-state index in [1.54, 1.807) is 0 Å². The highest BCUT2D eigenvalue weighted by Gasteiger charge is 2.46. The van der Waals surface area contributed by atoms with E-state index in [1.165, 1.54) is 38.5 Å². The lowest BCUT2D eigenvalue weighted by molar-refractivity contribution is 0.0870. The highest BCUT2D eigenvalue weighted by molar-refractivity contribution is 7.48. The van der Waals surface area contributed by atoms with Crippen LogP contribution in [0.5, 0.6) is 0 Å². The van der Waals surface area contributed by atoms with Crippen LogP contribution in [0, 0.1) is 0 Å². The Kier molecular flexibility index (Phi) is 7.21. The van der Waals surface area contributed by atoms with Crippen molar-refractivity contribution < 1.29 is 22.5 Å². The number of hydrogen-bond donors (Lipinski definition) is 1. The van der Waals surface area contributed by atoms with E-state index in [9.17, 15) is 9.13 Å². The van der Waals surface area contributed by atoms with E-state index in [2.05, 4.69) is 13.4 Å². The Bertz CT molecular complexity index is 229. The number of nitrogens with two attached hydrogens (primary N) is 1. The summed E-state index contributed by atoms with van der Waals surface area (Å²) in [6.45, 7) is -0.218. The fourth-order valence-corrected chi connectivity index (χ4v) is 2.70. The van der Waals surface area contributed by atoms with Crippen molar-refractivity contribution >= 4 is 16.5 Å². The van der Waals surface area contributed by atoms with Gasteiger partial charge in [0, 0.05) is 15.2 Å². The maximum absolute atomic E-state index is 10.1. The van der Waals surface area contributed by atoms with Gasteiger partial charge in [-0.25, -0.2) is 0 Å². The van der Waals surface area contributed by atoms with E-state index in [-0.39, 0.29) is 6.79 Å². The Balaban J connectivity index is 0.000000160. The maximum Gasteiger partial charge on any atom is 0.750 e. The van der Waals surface area contributed by atoms with Crippen LogP contribution in [0.4, 0.5) is 0 Å². The van der Waals surface area contributed by atoms with Crippen molar-refractivity contribution in [3.63, 3.8) is 0 Å². The molecule has 2 unspecified atom stereocenters. The van der Waals surface area contributed by atoms with Crippen molar-refractivity contribution in [2.45, 2.75) is 44.6 Å². The fraction of sp³-hybridized carbons (Fsp3) is 1.00. The second-order valence-electron chi connectivity index (χ2n) is 3.66. The molecule has 0 aromatic carbocycles. The first-order chi connectivity index (χ1) is 7.68. The van der Waals surface area contributed by atoms with Crippen molar-refractivity contribution in [3.05, 3.63) is 0 Å². The standard InChI is InChI=1S/C7H15N.CH2O5P2/c8-7-5-3-1-2-4-6-7;2-7-4-1-5-8(3)6-7/h7H,1-6,8H2;1H2/q;+2. The van der Waals surface area contributed by atoms with Gasteiger partial charge in [0.1, 0.15) is 0 Å². The molecule has 2 fully saturated rings. The van der Waals surface area contributed by atoms with Crippen LogP contribution in [0.15, 0.2) is 0 Å². The monoisotopic (exact) mass is 269 g/mol. The third-order valence-electron chi connectivity index (χ3n) is 2.35. The van der Waals surface area contributed by atoms with Gasteiger partial charge in [0.05, 0.1) is 0 Å². The summed E-state index contributed by atoms with van der Waals surface area (Å²) in [5, 5.41) is 0. The van der Waals surface area contributed by atoms with E-state index in [0.717, 1.165) is 0 Å². The van der Waals surface area contributed by atoms with Crippen LogP contribution in [0.3, 0.4) is 0 Å². The highest BCUT2D eigenvalue weighted by atomic mass is 31.2. The molecule has 0 aromatic heterocycles. The van der Waals surface area contributed by atoms with Crippen LogP contribution in [0.25, 0.3) is 0 Å². The predicted molar refractivity (Wildman–Crippen MR) is 59.0 cm³/mol. The molecule has 6 nitrogen and oxygen atoms in total. The Morgan fingerprint density at radius 3 is 1.81 bits per heavy atom. The fourth-order valence-electron chi connectivity index (χ4n) is 1.52. The first-order valence-corrected chi connectivity index (χ1v) is 7.51. The van der Waals surface area contributed by atoms with E-state index in [4.69, 9.17) is 5.73 Å². The van der Waals surface area contributed by atoms with E-state index < -0.39 is 16.5 Å². The molecule has 1 aliphatic carbocycles. The van der Waals surface area contributed by atoms with Gasteiger partial charge in [-0.2, -0.15) is 0 Å². The molecule has 2 atom stereocenters. The molecule has 1 saturated heterocycles. The summed E-state index contributed by atoms with van der Waals surface area (Å²) < 4.78 is 32.7. The van der Waals surface area contributed by atoms with Crippen molar-refractivity contribution in [1.82, 2.24) is 0 Å². The Labute approximate surface area is 96.7 Å². The summed E-state index contributed by atoms with van der Waals surface area (Å²) in [5.41, 5.74) is 5.73. The van der Waals surface area contributed by atoms with Gasteiger partial charge in [-0.05, 0) is 12.8 Å². The van der Waals surface area contributed by atoms with Crippen LogP contribution >= 0.6 is 16.5 Å². The molecule has 2 aliphatic rings. The third-order valence-corrected chi connectivity index (χ3v) is 4.05. The minimum Gasteiger partial charge on any atom is -0.328 e. The average Bonchev–Trinajstić information content (AvgIpc) is 2.46. The molecule has 0 aromatic rings. The van der Waals surface area contributed by atoms with E-state index >= 15 is 0 Å². The van der Waals surface area contributed by atoms with Crippen LogP contribution < -0.4 is 5.73 Å². The van der Waals surface area contributed by atoms with Crippen LogP contribution in [0.1, 0.15) is 38.5 Å². The molecule has 1 saturated carbocycles.